The van der Waals surface area contributed by atoms with Gasteiger partial charge in [0.25, 0.3) is 0 Å². The normalized spacial score (nSPS) is 27.5. The van der Waals surface area contributed by atoms with Gasteiger partial charge in [-0.3, -0.25) is 9.59 Å². The summed E-state index contributed by atoms with van der Waals surface area (Å²) in [5.41, 5.74) is 4.53. The van der Waals surface area contributed by atoms with Gasteiger partial charge in [-0.1, -0.05) is 31.2 Å². The monoisotopic (exact) mass is 430 g/mol. The first-order chi connectivity index (χ1) is 14.6. The van der Waals surface area contributed by atoms with E-state index in [2.05, 4.69) is 32.1 Å². The van der Waals surface area contributed by atoms with E-state index in [1.807, 2.05) is 19.9 Å². The van der Waals surface area contributed by atoms with Crippen molar-refractivity contribution in [3.05, 3.63) is 40.5 Å². The van der Waals surface area contributed by atoms with Crippen LogP contribution in [0.4, 0.5) is 0 Å². The van der Waals surface area contributed by atoms with Crippen LogP contribution < -0.4 is 0 Å². The molecule has 31 heavy (non-hydrogen) atoms. The van der Waals surface area contributed by atoms with Crippen molar-refractivity contribution in [3.63, 3.8) is 0 Å². The van der Waals surface area contributed by atoms with E-state index in [9.17, 15) is 9.59 Å². The van der Waals surface area contributed by atoms with Crippen molar-refractivity contribution in [3.8, 4) is 0 Å². The largest absolute Gasteiger partial charge is 0.469 e. The number of hydrogen-bond donors (Lipinski definition) is 0. The molecule has 1 heterocycles. The molecule has 1 aliphatic heterocycles. The van der Waals surface area contributed by atoms with E-state index in [4.69, 9.17) is 18.9 Å². The zero-order valence-corrected chi connectivity index (χ0v) is 19.4. The van der Waals surface area contributed by atoms with Gasteiger partial charge in [-0.2, -0.15) is 0 Å². The Labute approximate surface area is 184 Å². The minimum absolute atomic E-state index is 0.194. The van der Waals surface area contributed by atoms with Gasteiger partial charge in [0.2, 0.25) is 0 Å². The highest BCUT2D eigenvalue weighted by molar-refractivity contribution is 5.70. The zero-order valence-electron chi connectivity index (χ0n) is 19.4. The predicted octanol–water partition coefficient (Wildman–Crippen LogP) is 4.67. The lowest BCUT2D eigenvalue weighted by molar-refractivity contribution is -0.290. The second-order valence-corrected chi connectivity index (χ2v) is 9.18. The molecule has 0 saturated carbocycles. The maximum absolute atomic E-state index is 11.7. The number of rotatable bonds is 5. The molecule has 0 unspecified atom stereocenters. The van der Waals surface area contributed by atoms with Crippen molar-refractivity contribution in [2.75, 3.05) is 7.11 Å². The fourth-order valence-electron chi connectivity index (χ4n) is 4.68. The van der Waals surface area contributed by atoms with Crippen LogP contribution in [0.1, 0.15) is 75.3 Å². The summed E-state index contributed by atoms with van der Waals surface area (Å²) in [5.74, 6) is -0.902. The molecular weight excluding hydrogens is 396 g/mol. The molecule has 6 nitrogen and oxygen atoms in total. The van der Waals surface area contributed by atoms with Gasteiger partial charge in [0.15, 0.2) is 5.79 Å². The maximum Gasteiger partial charge on any atom is 0.308 e. The third-order valence-corrected chi connectivity index (χ3v) is 5.89. The van der Waals surface area contributed by atoms with Crippen LogP contribution in [0.25, 0.3) is 6.08 Å². The zero-order chi connectivity index (χ0) is 22.8. The molecule has 170 valence electrons. The van der Waals surface area contributed by atoms with E-state index >= 15 is 0 Å². The van der Waals surface area contributed by atoms with E-state index in [-0.39, 0.29) is 36.7 Å². The molecule has 6 heteroatoms. The molecule has 0 amide bonds. The molecule has 4 atom stereocenters. The minimum Gasteiger partial charge on any atom is -0.469 e. The van der Waals surface area contributed by atoms with E-state index in [1.165, 1.54) is 19.6 Å². The van der Waals surface area contributed by atoms with Crippen molar-refractivity contribution in [1.82, 2.24) is 0 Å². The molecule has 3 rings (SSSR count). The van der Waals surface area contributed by atoms with Gasteiger partial charge < -0.3 is 18.9 Å². The molecule has 1 saturated heterocycles. The molecule has 0 N–H and O–H groups in total. The molecule has 1 fully saturated rings. The summed E-state index contributed by atoms with van der Waals surface area (Å²) in [6.07, 6.45) is 5.93. The third-order valence-electron chi connectivity index (χ3n) is 5.89. The summed E-state index contributed by atoms with van der Waals surface area (Å²) in [5, 5.41) is 0. The number of aryl methyl sites for hydroxylation is 1. The number of carbonyl (C=O) groups excluding carboxylic acids is 2. The third kappa shape index (κ3) is 5.95. The summed E-state index contributed by atoms with van der Waals surface area (Å²) in [6, 6.07) is 4.27. The van der Waals surface area contributed by atoms with Gasteiger partial charge in [-0.15, -0.1) is 0 Å². The van der Waals surface area contributed by atoms with Crippen LogP contribution in [-0.4, -0.2) is 37.0 Å². The Balaban J connectivity index is 1.88. The molecular formula is C25H34O6. The smallest absolute Gasteiger partial charge is 0.308 e. The van der Waals surface area contributed by atoms with Gasteiger partial charge in [0.05, 0.1) is 25.7 Å². The van der Waals surface area contributed by atoms with Crippen molar-refractivity contribution in [2.45, 2.75) is 84.4 Å². The lowest BCUT2D eigenvalue weighted by Crippen LogP contribution is -2.44. The highest BCUT2D eigenvalue weighted by Gasteiger charge is 2.36. The van der Waals surface area contributed by atoms with Crippen LogP contribution in [-0.2, 0) is 35.0 Å². The van der Waals surface area contributed by atoms with Crippen LogP contribution in [0.15, 0.2) is 18.2 Å². The molecule has 2 aliphatic rings. The molecule has 0 aromatic heterocycles. The lowest BCUT2D eigenvalue weighted by Gasteiger charge is -2.39. The van der Waals surface area contributed by atoms with Gasteiger partial charge in [0.1, 0.15) is 6.10 Å². The van der Waals surface area contributed by atoms with E-state index in [0.29, 0.717) is 12.3 Å². The highest BCUT2D eigenvalue weighted by atomic mass is 16.7. The van der Waals surface area contributed by atoms with Crippen LogP contribution in [0.5, 0.6) is 0 Å². The Morgan fingerprint density at radius 3 is 2.65 bits per heavy atom. The Hall–Kier alpha value is -2.18. The van der Waals surface area contributed by atoms with Crippen LogP contribution in [0.2, 0.25) is 0 Å². The lowest BCUT2D eigenvalue weighted by atomic mass is 9.79. The topological polar surface area (TPSA) is 71.1 Å². The van der Waals surface area contributed by atoms with Gasteiger partial charge in [-0.05, 0) is 56.2 Å². The molecule has 1 aromatic carbocycles. The Bertz CT molecular complexity index is 856. The Morgan fingerprint density at radius 2 is 1.97 bits per heavy atom. The number of fused-ring (bicyclic) bond motifs is 1. The summed E-state index contributed by atoms with van der Waals surface area (Å²) >= 11 is 0. The van der Waals surface area contributed by atoms with E-state index < -0.39 is 5.79 Å². The number of ether oxygens (including phenoxy) is 4. The molecule has 0 spiro atoms. The van der Waals surface area contributed by atoms with E-state index in [1.54, 1.807) is 0 Å². The fourth-order valence-corrected chi connectivity index (χ4v) is 4.68. The van der Waals surface area contributed by atoms with Crippen molar-refractivity contribution in [2.24, 2.45) is 5.92 Å². The Kier molecular flexibility index (Phi) is 7.22. The van der Waals surface area contributed by atoms with Gasteiger partial charge >= 0.3 is 11.9 Å². The second-order valence-electron chi connectivity index (χ2n) is 9.18. The predicted molar refractivity (Wildman–Crippen MR) is 117 cm³/mol. The van der Waals surface area contributed by atoms with Gasteiger partial charge in [-0.25, -0.2) is 0 Å². The molecule has 0 radical (unpaired) electrons. The van der Waals surface area contributed by atoms with Crippen LogP contribution in [0.3, 0.4) is 0 Å². The molecule has 1 aromatic rings. The quantitative estimate of drug-likeness (QED) is 0.633. The standard InChI is InChI=1S/C25H34O6/c1-15-11-18-8-7-16(2)21(24(18)22(12-15)29-17(3)26)10-9-19-13-20(14-23(27)28-6)31-25(4,5)30-19/h7-10,15,19-20,22H,11-14H2,1-6H3/b10-9+/t15-,19-,20-,22+/m1/s1. The summed E-state index contributed by atoms with van der Waals surface area (Å²) < 4.78 is 22.5. The first-order valence-electron chi connectivity index (χ1n) is 11.0. The van der Waals surface area contributed by atoms with E-state index in [0.717, 1.165) is 29.5 Å². The number of methoxy groups -OCH3 is 1. The first kappa shape index (κ1) is 23.5. The van der Waals surface area contributed by atoms with Gasteiger partial charge in [0, 0.05) is 18.9 Å². The summed E-state index contributed by atoms with van der Waals surface area (Å²) in [4.78, 5) is 23.5. The maximum atomic E-state index is 11.7. The highest BCUT2D eigenvalue weighted by Crippen LogP contribution is 2.40. The Morgan fingerprint density at radius 1 is 1.23 bits per heavy atom. The average molecular weight is 431 g/mol. The SMILES string of the molecule is COC(=O)C[C@H]1C[C@@H](/C=C/c2c(C)ccc3c2[C@@H](OC(C)=O)C[C@H](C)C3)OC(C)(C)O1. The number of esters is 2. The first-order valence-corrected chi connectivity index (χ1v) is 11.0. The number of carbonyl (C=O) groups is 2. The van der Waals surface area contributed by atoms with Crippen LogP contribution >= 0.6 is 0 Å². The summed E-state index contributed by atoms with van der Waals surface area (Å²) in [7, 11) is 1.38. The second kappa shape index (κ2) is 9.53. The molecule has 1 aliphatic carbocycles. The number of hydrogen-bond acceptors (Lipinski definition) is 6. The van der Waals surface area contributed by atoms with Crippen LogP contribution in [0, 0.1) is 12.8 Å². The van der Waals surface area contributed by atoms with Crippen molar-refractivity contribution in [1.29, 1.82) is 0 Å². The summed E-state index contributed by atoms with van der Waals surface area (Å²) in [6.45, 7) is 9.42. The fraction of sp³-hybridized carbons (Fsp3) is 0.600. The average Bonchev–Trinajstić information content (AvgIpc) is 2.65. The number of benzene rings is 1. The van der Waals surface area contributed by atoms with Crippen molar-refractivity contribution >= 4 is 18.0 Å². The minimum atomic E-state index is -0.799. The molecule has 0 bridgehead atoms. The van der Waals surface area contributed by atoms with Crippen molar-refractivity contribution < 1.29 is 28.5 Å².